The van der Waals surface area contributed by atoms with Crippen LogP contribution in [0.15, 0.2) is 47.3 Å². The highest BCUT2D eigenvalue weighted by Crippen LogP contribution is 2.28. The van der Waals surface area contributed by atoms with E-state index >= 15 is 0 Å². The van der Waals surface area contributed by atoms with Crippen molar-refractivity contribution < 1.29 is 14.0 Å². The van der Waals surface area contributed by atoms with E-state index in [0.29, 0.717) is 31.5 Å². The fraction of sp³-hybridized carbons (Fsp3) is 0.478. The number of hydrogen-bond donors (Lipinski definition) is 1. The number of benzene rings is 1. The van der Waals surface area contributed by atoms with E-state index in [-0.39, 0.29) is 36.2 Å². The van der Waals surface area contributed by atoms with Crippen molar-refractivity contribution in [3.63, 3.8) is 0 Å². The summed E-state index contributed by atoms with van der Waals surface area (Å²) in [6, 6.07) is 10.4. The maximum absolute atomic E-state index is 13.3. The lowest BCUT2D eigenvalue weighted by Crippen LogP contribution is -2.52. The van der Waals surface area contributed by atoms with E-state index in [1.54, 1.807) is 6.07 Å². The SMILES string of the molecule is CCc1ccc(C2CNCCN2C(=O)C2CCN(C(=O)c3ccoc3)CC2)cc1.Cl. The molecule has 2 amide bonds. The molecule has 2 saturated heterocycles. The summed E-state index contributed by atoms with van der Waals surface area (Å²) in [6.07, 6.45) is 5.44. The molecular weight excluding hydrogens is 402 g/mol. The van der Waals surface area contributed by atoms with Crippen LogP contribution >= 0.6 is 12.4 Å². The number of carbonyl (C=O) groups excluding carboxylic acids is 2. The van der Waals surface area contributed by atoms with E-state index in [9.17, 15) is 9.59 Å². The average Bonchev–Trinajstić information content (AvgIpc) is 3.33. The Kier molecular flexibility index (Phi) is 7.56. The smallest absolute Gasteiger partial charge is 0.257 e. The molecular formula is C23H30ClN3O3. The van der Waals surface area contributed by atoms with Crippen LogP contribution in [-0.2, 0) is 11.2 Å². The first-order valence-electron chi connectivity index (χ1n) is 10.6. The first-order valence-corrected chi connectivity index (χ1v) is 10.6. The number of nitrogens with one attached hydrogen (secondary N) is 1. The van der Waals surface area contributed by atoms with Gasteiger partial charge in [0.2, 0.25) is 5.91 Å². The number of piperazine rings is 1. The van der Waals surface area contributed by atoms with Gasteiger partial charge in [-0.05, 0) is 36.5 Å². The standard InChI is InChI=1S/C23H29N3O3.ClH/c1-2-17-3-5-18(6-4-17)21-15-24-10-13-26(21)23(28)19-7-11-25(12-8-19)22(27)20-9-14-29-16-20;/h3-6,9,14,16,19,21,24H,2,7-8,10-13,15H2,1H3;1H. The second kappa shape index (κ2) is 10.1. The molecule has 0 radical (unpaired) electrons. The van der Waals surface area contributed by atoms with Gasteiger partial charge >= 0.3 is 0 Å². The molecule has 162 valence electrons. The minimum Gasteiger partial charge on any atom is -0.472 e. The fourth-order valence-corrected chi connectivity index (χ4v) is 4.37. The molecule has 30 heavy (non-hydrogen) atoms. The van der Waals surface area contributed by atoms with Gasteiger partial charge < -0.3 is 19.5 Å². The van der Waals surface area contributed by atoms with Gasteiger partial charge in [-0.15, -0.1) is 12.4 Å². The summed E-state index contributed by atoms with van der Waals surface area (Å²) in [6.45, 7) is 5.72. The molecule has 1 unspecified atom stereocenters. The van der Waals surface area contributed by atoms with Crippen LogP contribution in [0.25, 0.3) is 0 Å². The number of nitrogens with zero attached hydrogens (tertiary/aromatic N) is 2. The van der Waals surface area contributed by atoms with Crippen molar-refractivity contribution in [2.24, 2.45) is 5.92 Å². The van der Waals surface area contributed by atoms with E-state index in [4.69, 9.17) is 4.42 Å². The Morgan fingerprint density at radius 3 is 2.47 bits per heavy atom. The van der Waals surface area contributed by atoms with Crippen molar-refractivity contribution >= 4 is 24.2 Å². The van der Waals surface area contributed by atoms with Gasteiger partial charge in [0, 0.05) is 38.6 Å². The van der Waals surface area contributed by atoms with Gasteiger partial charge in [-0.25, -0.2) is 0 Å². The van der Waals surface area contributed by atoms with E-state index < -0.39 is 0 Å². The highest BCUT2D eigenvalue weighted by molar-refractivity contribution is 5.94. The number of likely N-dealkylation sites (tertiary alicyclic amines) is 1. The van der Waals surface area contributed by atoms with Crippen LogP contribution in [0.4, 0.5) is 0 Å². The zero-order chi connectivity index (χ0) is 20.2. The third-order valence-electron chi connectivity index (χ3n) is 6.20. The van der Waals surface area contributed by atoms with E-state index in [1.807, 2.05) is 4.90 Å². The summed E-state index contributed by atoms with van der Waals surface area (Å²) in [4.78, 5) is 29.7. The van der Waals surface area contributed by atoms with Crippen molar-refractivity contribution in [2.45, 2.75) is 32.2 Å². The van der Waals surface area contributed by atoms with Gasteiger partial charge in [0.1, 0.15) is 6.26 Å². The number of amides is 2. The Bertz CT molecular complexity index is 830. The Hall–Kier alpha value is -2.31. The second-order valence-electron chi connectivity index (χ2n) is 7.93. The van der Waals surface area contributed by atoms with Gasteiger partial charge in [-0.1, -0.05) is 31.2 Å². The van der Waals surface area contributed by atoms with Crippen LogP contribution in [0.5, 0.6) is 0 Å². The topological polar surface area (TPSA) is 65.8 Å². The molecule has 1 N–H and O–H groups in total. The molecule has 1 aromatic heterocycles. The molecule has 0 bridgehead atoms. The monoisotopic (exact) mass is 431 g/mol. The number of aryl methyl sites for hydroxylation is 1. The van der Waals surface area contributed by atoms with Crippen LogP contribution in [0.2, 0.25) is 0 Å². The number of rotatable bonds is 4. The van der Waals surface area contributed by atoms with Crippen molar-refractivity contribution in [3.05, 3.63) is 59.5 Å². The molecule has 1 atom stereocenters. The minimum atomic E-state index is -0.0149. The van der Waals surface area contributed by atoms with Crippen molar-refractivity contribution in [3.8, 4) is 0 Å². The quantitative estimate of drug-likeness (QED) is 0.806. The highest BCUT2D eigenvalue weighted by Gasteiger charge is 2.35. The van der Waals surface area contributed by atoms with Crippen molar-refractivity contribution in [1.82, 2.24) is 15.1 Å². The number of piperidine rings is 1. The third-order valence-corrected chi connectivity index (χ3v) is 6.20. The zero-order valence-electron chi connectivity index (χ0n) is 17.4. The molecule has 6 nitrogen and oxygen atoms in total. The molecule has 7 heteroatoms. The van der Waals surface area contributed by atoms with E-state index in [2.05, 4.69) is 41.4 Å². The van der Waals surface area contributed by atoms with Gasteiger partial charge in [0.25, 0.3) is 5.91 Å². The third kappa shape index (κ3) is 4.71. The van der Waals surface area contributed by atoms with Crippen LogP contribution < -0.4 is 5.32 Å². The van der Waals surface area contributed by atoms with Crippen molar-refractivity contribution in [1.29, 1.82) is 0 Å². The van der Waals surface area contributed by atoms with E-state index in [1.165, 1.54) is 23.7 Å². The Labute approximate surface area is 184 Å². The van der Waals surface area contributed by atoms with Crippen LogP contribution in [-0.4, -0.2) is 54.3 Å². The molecule has 3 heterocycles. The van der Waals surface area contributed by atoms with Crippen molar-refractivity contribution in [2.75, 3.05) is 32.7 Å². The maximum atomic E-state index is 13.3. The lowest BCUT2D eigenvalue weighted by Gasteiger charge is -2.40. The van der Waals surface area contributed by atoms with Crippen LogP contribution in [0.1, 0.15) is 47.3 Å². The highest BCUT2D eigenvalue weighted by atomic mass is 35.5. The predicted octanol–water partition coefficient (Wildman–Crippen LogP) is 3.29. The van der Waals surface area contributed by atoms with E-state index in [0.717, 1.165) is 26.1 Å². The number of carbonyl (C=O) groups is 2. The number of furan rings is 1. The lowest BCUT2D eigenvalue weighted by atomic mass is 9.92. The molecule has 0 saturated carbocycles. The van der Waals surface area contributed by atoms with Gasteiger partial charge in [-0.2, -0.15) is 0 Å². The Balaban J connectivity index is 0.00000256. The molecule has 0 aliphatic carbocycles. The summed E-state index contributed by atoms with van der Waals surface area (Å²) < 4.78 is 5.02. The molecule has 4 rings (SSSR count). The molecule has 1 aromatic carbocycles. The molecule has 2 aliphatic rings. The van der Waals surface area contributed by atoms with Gasteiger partial charge in [-0.3, -0.25) is 9.59 Å². The molecule has 2 fully saturated rings. The first-order chi connectivity index (χ1) is 14.2. The molecule has 0 spiro atoms. The van der Waals surface area contributed by atoms with Gasteiger partial charge in [0.05, 0.1) is 17.9 Å². The number of hydrogen-bond acceptors (Lipinski definition) is 4. The summed E-state index contributed by atoms with van der Waals surface area (Å²) in [5.74, 6) is 0.200. The first kappa shape index (κ1) is 22.4. The molecule has 2 aromatic rings. The summed E-state index contributed by atoms with van der Waals surface area (Å²) in [5, 5.41) is 3.43. The lowest BCUT2D eigenvalue weighted by molar-refractivity contribution is -0.140. The van der Waals surface area contributed by atoms with Gasteiger partial charge in [0.15, 0.2) is 0 Å². The Morgan fingerprint density at radius 1 is 1.10 bits per heavy atom. The van der Waals surface area contributed by atoms with Crippen LogP contribution in [0, 0.1) is 5.92 Å². The Morgan fingerprint density at radius 2 is 1.83 bits per heavy atom. The normalized spacial score (nSPS) is 20.0. The second-order valence-corrected chi connectivity index (χ2v) is 7.93. The fourth-order valence-electron chi connectivity index (χ4n) is 4.37. The summed E-state index contributed by atoms with van der Waals surface area (Å²) >= 11 is 0. The predicted molar refractivity (Wildman–Crippen MR) is 118 cm³/mol. The molecule has 2 aliphatic heterocycles. The largest absolute Gasteiger partial charge is 0.472 e. The summed E-state index contributed by atoms with van der Waals surface area (Å²) in [5.41, 5.74) is 3.08. The number of halogens is 1. The summed E-state index contributed by atoms with van der Waals surface area (Å²) in [7, 11) is 0. The van der Waals surface area contributed by atoms with Crippen LogP contribution in [0.3, 0.4) is 0 Å². The average molecular weight is 432 g/mol. The zero-order valence-corrected chi connectivity index (χ0v) is 18.2. The maximum Gasteiger partial charge on any atom is 0.257 e. The minimum absolute atomic E-state index is 0.